The molecule has 0 atom stereocenters. The molecule has 0 bridgehead atoms. The topological polar surface area (TPSA) is 49.8 Å². The predicted octanol–water partition coefficient (Wildman–Crippen LogP) is 1.45. The predicted molar refractivity (Wildman–Crippen MR) is 64.3 cm³/mol. The number of aliphatic carboxylic acids is 1. The van der Waals surface area contributed by atoms with E-state index < -0.39 is 5.97 Å². The Bertz CT molecular complexity index is 425. The first-order valence-corrected chi connectivity index (χ1v) is 5.70. The van der Waals surface area contributed by atoms with Gasteiger partial charge in [-0.3, -0.25) is 9.69 Å². The first kappa shape index (κ1) is 11.9. The van der Waals surface area contributed by atoms with E-state index in [4.69, 9.17) is 9.84 Å². The highest BCUT2D eigenvalue weighted by molar-refractivity contribution is 5.69. The largest absolute Gasteiger partial charge is 0.496 e. The SMILES string of the molecule is COc1cc(C)cc2c1CN(CC(=O)O)CC2. The zero-order valence-corrected chi connectivity index (χ0v) is 10.2. The minimum Gasteiger partial charge on any atom is -0.496 e. The van der Waals surface area contributed by atoms with E-state index in [1.165, 1.54) is 11.1 Å². The molecule has 0 unspecified atom stereocenters. The standard InChI is InChI=1S/C13H17NO3/c1-9-5-10-3-4-14(8-13(15)16)7-11(10)12(6-9)17-2/h5-6H,3-4,7-8H2,1-2H3,(H,15,16). The Morgan fingerprint density at radius 2 is 2.29 bits per heavy atom. The average Bonchev–Trinajstić information content (AvgIpc) is 2.27. The molecule has 4 heteroatoms. The summed E-state index contributed by atoms with van der Waals surface area (Å²) in [6.07, 6.45) is 0.890. The molecule has 0 aromatic heterocycles. The van der Waals surface area contributed by atoms with Gasteiger partial charge in [0.05, 0.1) is 13.7 Å². The van der Waals surface area contributed by atoms with Crippen molar-refractivity contribution >= 4 is 5.97 Å². The van der Waals surface area contributed by atoms with Gasteiger partial charge < -0.3 is 9.84 Å². The molecule has 1 aromatic rings. The highest BCUT2D eigenvalue weighted by Crippen LogP contribution is 2.29. The molecule has 1 aliphatic heterocycles. The smallest absolute Gasteiger partial charge is 0.317 e. The van der Waals surface area contributed by atoms with E-state index in [1.807, 2.05) is 17.9 Å². The second-order valence-electron chi connectivity index (χ2n) is 4.46. The minimum atomic E-state index is -0.778. The average molecular weight is 235 g/mol. The van der Waals surface area contributed by atoms with Gasteiger partial charge in [-0.15, -0.1) is 0 Å². The summed E-state index contributed by atoms with van der Waals surface area (Å²) in [5, 5.41) is 8.81. The lowest BCUT2D eigenvalue weighted by atomic mass is 9.96. The molecule has 1 aromatic carbocycles. The van der Waals surface area contributed by atoms with Gasteiger partial charge in [-0.1, -0.05) is 6.07 Å². The molecule has 1 N–H and O–H groups in total. The molecular formula is C13H17NO3. The molecule has 0 amide bonds. The monoisotopic (exact) mass is 235 g/mol. The fourth-order valence-corrected chi connectivity index (χ4v) is 2.35. The van der Waals surface area contributed by atoms with Crippen LogP contribution >= 0.6 is 0 Å². The molecule has 1 heterocycles. The Hall–Kier alpha value is -1.55. The lowest BCUT2D eigenvalue weighted by Crippen LogP contribution is -2.35. The quantitative estimate of drug-likeness (QED) is 0.861. The maximum absolute atomic E-state index is 10.7. The van der Waals surface area contributed by atoms with Crippen molar-refractivity contribution in [3.8, 4) is 5.75 Å². The Balaban J connectivity index is 2.27. The molecular weight excluding hydrogens is 218 g/mol. The van der Waals surface area contributed by atoms with Crippen LogP contribution in [0.3, 0.4) is 0 Å². The first-order valence-electron chi connectivity index (χ1n) is 5.70. The molecule has 2 rings (SSSR count). The summed E-state index contributed by atoms with van der Waals surface area (Å²) in [5.41, 5.74) is 3.60. The number of fused-ring (bicyclic) bond motifs is 1. The van der Waals surface area contributed by atoms with E-state index in [1.54, 1.807) is 7.11 Å². The molecule has 4 nitrogen and oxygen atoms in total. The van der Waals surface area contributed by atoms with Gasteiger partial charge in [0.25, 0.3) is 0 Å². The number of ether oxygens (including phenoxy) is 1. The van der Waals surface area contributed by atoms with Gasteiger partial charge in [0.15, 0.2) is 0 Å². The normalized spacial score (nSPS) is 15.4. The first-order chi connectivity index (χ1) is 8.10. The van der Waals surface area contributed by atoms with Crippen LogP contribution in [0.25, 0.3) is 0 Å². The molecule has 0 spiro atoms. The van der Waals surface area contributed by atoms with E-state index in [-0.39, 0.29) is 6.54 Å². The number of hydrogen-bond acceptors (Lipinski definition) is 3. The molecule has 1 aliphatic rings. The van der Waals surface area contributed by atoms with Crippen molar-refractivity contribution in [1.82, 2.24) is 4.90 Å². The fourth-order valence-electron chi connectivity index (χ4n) is 2.35. The van der Waals surface area contributed by atoms with Gasteiger partial charge in [0, 0.05) is 18.7 Å². The van der Waals surface area contributed by atoms with Gasteiger partial charge in [0.1, 0.15) is 5.75 Å². The van der Waals surface area contributed by atoms with Crippen LogP contribution in [-0.2, 0) is 17.8 Å². The van der Waals surface area contributed by atoms with Crippen LogP contribution in [-0.4, -0.2) is 36.2 Å². The lowest BCUT2D eigenvalue weighted by molar-refractivity contribution is -0.138. The van der Waals surface area contributed by atoms with Crippen molar-refractivity contribution in [2.24, 2.45) is 0 Å². The zero-order chi connectivity index (χ0) is 12.4. The summed E-state index contributed by atoms with van der Waals surface area (Å²) in [6, 6.07) is 4.17. The van der Waals surface area contributed by atoms with Gasteiger partial charge in [-0.25, -0.2) is 0 Å². The number of aryl methyl sites for hydroxylation is 1. The van der Waals surface area contributed by atoms with E-state index in [9.17, 15) is 4.79 Å². The van der Waals surface area contributed by atoms with E-state index in [2.05, 4.69) is 6.07 Å². The fraction of sp³-hybridized carbons (Fsp3) is 0.462. The van der Waals surface area contributed by atoms with Crippen LogP contribution in [0.4, 0.5) is 0 Å². The summed E-state index contributed by atoms with van der Waals surface area (Å²) in [5.74, 6) is 0.0922. The number of carboxylic acids is 1. The van der Waals surface area contributed by atoms with Crippen LogP contribution in [0.5, 0.6) is 5.75 Å². The van der Waals surface area contributed by atoms with Gasteiger partial charge >= 0.3 is 5.97 Å². The molecule has 0 radical (unpaired) electrons. The van der Waals surface area contributed by atoms with Crippen LogP contribution in [0, 0.1) is 6.92 Å². The summed E-state index contributed by atoms with van der Waals surface area (Å²) in [6.45, 7) is 3.60. The summed E-state index contributed by atoms with van der Waals surface area (Å²) >= 11 is 0. The number of rotatable bonds is 3. The lowest BCUT2D eigenvalue weighted by Gasteiger charge is -2.28. The third kappa shape index (κ3) is 2.58. The number of hydrogen-bond donors (Lipinski definition) is 1. The number of methoxy groups -OCH3 is 1. The molecule has 0 aliphatic carbocycles. The summed E-state index contributed by atoms with van der Waals surface area (Å²) < 4.78 is 5.37. The van der Waals surface area contributed by atoms with Crippen molar-refractivity contribution in [2.45, 2.75) is 19.9 Å². The molecule has 92 valence electrons. The van der Waals surface area contributed by atoms with Crippen LogP contribution in [0.1, 0.15) is 16.7 Å². The van der Waals surface area contributed by atoms with E-state index >= 15 is 0 Å². The van der Waals surface area contributed by atoms with E-state index in [0.29, 0.717) is 6.54 Å². The van der Waals surface area contributed by atoms with Crippen molar-refractivity contribution in [1.29, 1.82) is 0 Å². The number of carbonyl (C=O) groups is 1. The highest BCUT2D eigenvalue weighted by atomic mass is 16.5. The molecule has 0 fully saturated rings. The van der Waals surface area contributed by atoms with Gasteiger partial charge in [0.2, 0.25) is 0 Å². The second kappa shape index (κ2) is 4.75. The number of nitrogens with zero attached hydrogens (tertiary/aromatic N) is 1. The summed E-state index contributed by atoms with van der Waals surface area (Å²) in [4.78, 5) is 12.6. The maximum atomic E-state index is 10.7. The zero-order valence-electron chi connectivity index (χ0n) is 10.2. The van der Waals surface area contributed by atoms with Crippen molar-refractivity contribution in [2.75, 3.05) is 20.2 Å². The second-order valence-corrected chi connectivity index (χ2v) is 4.46. The molecule has 17 heavy (non-hydrogen) atoms. The molecule has 0 saturated heterocycles. The van der Waals surface area contributed by atoms with Crippen molar-refractivity contribution in [3.05, 3.63) is 28.8 Å². The Kier molecular flexibility index (Phi) is 3.33. The highest BCUT2D eigenvalue weighted by Gasteiger charge is 2.21. The van der Waals surface area contributed by atoms with Crippen molar-refractivity contribution in [3.63, 3.8) is 0 Å². The van der Waals surface area contributed by atoms with Crippen LogP contribution < -0.4 is 4.74 Å². The van der Waals surface area contributed by atoms with Gasteiger partial charge in [-0.05, 0) is 30.5 Å². The third-order valence-electron chi connectivity index (χ3n) is 3.10. The molecule has 0 saturated carbocycles. The van der Waals surface area contributed by atoms with Crippen LogP contribution in [0.2, 0.25) is 0 Å². The minimum absolute atomic E-state index is 0.0937. The Morgan fingerprint density at radius 3 is 2.94 bits per heavy atom. The maximum Gasteiger partial charge on any atom is 0.317 e. The number of benzene rings is 1. The third-order valence-corrected chi connectivity index (χ3v) is 3.10. The summed E-state index contributed by atoms with van der Waals surface area (Å²) in [7, 11) is 1.66. The Morgan fingerprint density at radius 1 is 1.53 bits per heavy atom. The van der Waals surface area contributed by atoms with Crippen LogP contribution in [0.15, 0.2) is 12.1 Å². The van der Waals surface area contributed by atoms with Gasteiger partial charge in [-0.2, -0.15) is 0 Å². The van der Waals surface area contributed by atoms with E-state index in [0.717, 1.165) is 24.3 Å². The Labute approximate surface area is 101 Å². The number of carboxylic acid groups (broad SMARTS) is 1. The van der Waals surface area contributed by atoms with Crippen molar-refractivity contribution < 1.29 is 14.6 Å².